The Hall–Kier alpha value is -1.14. The van der Waals surface area contributed by atoms with Crippen LogP contribution in [0.4, 0.5) is 0 Å². The molecule has 4 N–H and O–H groups in total. The summed E-state index contributed by atoms with van der Waals surface area (Å²) in [7, 11) is 1.84. The molecule has 0 aliphatic rings. The van der Waals surface area contributed by atoms with Gasteiger partial charge in [0.25, 0.3) is 0 Å². The first-order valence-electron chi connectivity index (χ1n) is 5.04. The molecule has 0 heterocycles. The molecule has 6 heteroatoms. The van der Waals surface area contributed by atoms with Gasteiger partial charge in [0.1, 0.15) is 0 Å². The number of hydrazine groups is 1. The van der Waals surface area contributed by atoms with Crippen LogP contribution in [0.1, 0.15) is 19.8 Å². The number of carbonyl (C=O) groups is 2. The van der Waals surface area contributed by atoms with Crippen LogP contribution in [0.2, 0.25) is 0 Å². The minimum atomic E-state index is -0.179. The molecular weight excluding hydrogens is 196 g/mol. The monoisotopic (exact) mass is 216 g/mol. The molecular formula is C9H20N4O2. The van der Waals surface area contributed by atoms with Gasteiger partial charge in [-0.3, -0.25) is 19.9 Å². The molecule has 0 radical (unpaired) electrons. The highest BCUT2D eigenvalue weighted by atomic mass is 16.2. The molecule has 0 spiro atoms. The lowest BCUT2D eigenvalue weighted by Crippen LogP contribution is -2.36. The van der Waals surface area contributed by atoms with Gasteiger partial charge in [-0.05, 0) is 26.9 Å². The number of amides is 2. The smallest absolute Gasteiger partial charge is 0.234 e. The van der Waals surface area contributed by atoms with Crippen LogP contribution in [0.5, 0.6) is 0 Å². The molecule has 88 valence electrons. The van der Waals surface area contributed by atoms with Crippen molar-refractivity contribution < 1.29 is 9.59 Å². The summed E-state index contributed by atoms with van der Waals surface area (Å²) in [4.78, 5) is 23.8. The Kier molecular flexibility index (Phi) is 7.57. The molecule has 0 atom stereocenters. The van der Waals surface area contributed by atoms with E-state index in [0.717, 1.165) is 0 Å². The van der Waals surface area contributed by atoms with Gasteiger partial charge in [-0.25, -0.2) is 5.84 Å². The standard InChI is InChI=1S/C9H20N4O2/c1-3-11-9(15)7-13(2)6-4-5-8(14)12-10/h3-7,10H2,1-2H3,(H,11,15)(H,12,14). The van der Waals surface area contributed by atoms with Crippen molar-refractivity contribution in [1.29, 1.82) is 0 Å². The highest BCUT2D eigenvalue weighted by Crippen LogP contribution is 1.92. The number of carbonyl (C=O) groups excluding carboxylic acids is 2. The summed E-state index contributed by atoms with van der Waals surface area (Å²) in [6.07, 6.45) is 1.08. The van der Waals surface area contributed by atoms with Gasteiger partial charge in [-0.2, -0.15) is 0 Å². The number of hydrogen-bond donors (Lipinski definition) is 3. The predicted molar refractivity (Wildman–Crippen MR) is 57.7 cm³/mol. The Morgan fingerprint density at radius 3 is 2.53 bits per heavy atom. The second-order valence-electron chi connectivity index (χ2n) is 3.36. The fourth-order valence-electron chi connectivity index (χ4n) is 1.16. The van der Waals surface area contributed by atoms with Crippen LogP contribution in [0.3, 0.4) is 0 Å². The van der Waals surface area contributed by atoms with Crippen molar-refractivity contribution in [2.24, 2.45) is 5.84 Å². The summed E-state index contributed by atoms with van der Waals surface area (Å²) in [6, 6.07) is 0. The van der Waals surface area contributed by atoms with Gasteiger partial charge in [-0.15, -0.1) is 0 Å². The maximum atomic E-state index is 11.2. The summed E-state index contributed by atoms with van der Waals surface area (Å²) >= 11 is 0. The third-order valence-corrected chi connectivity index (χ3v) is 1.89. The van der Waals surface area contributed by atoms with Gasteiger partial charge in [-0.1, -0.05) is 0 Å². The molecule has 2 amide bonds. The van der Waals surface area contributed by atoms with E-state index in [2.05, 4.69) is 10.7 Å². The van der Waals surface area contributed by atoms with Crippen molar-refractivity contribution in [3.05, 3.63) is 0 Å². The highest BCUT2D eigenvalue weighted by Gasteiger charge is 2.05. The third-order valence-electron chi connectivity index (χ3n) is 1.89. The van der Waals surface area contributed by atoms with Gasteiger partial charge in [0.15, 0.2) is 0 Å². The molecule has 6 nitrogen and oxygen atoms in total. The maximum absolute atomic E-state index is 11.2. The third kappa shape index (κ3) is 7.90. The second-order valence-corrected chi connectivity index (χ2v) is 3.36. The van der Waals surface area contributed by atoms with E-state index in [1.54, 1.807) is 0 Å². The predicted octanol–water partition coefficient (Wildman–Crippen LogP) is -1.18. The molecule has 0 fully saturated rings. The van der Waals surface area contributed by atoms with E-state index in [4.69, 9.17) is 5.84 Å². The first kappa shape index (κ1) is 13.9. The van der Waals surface area contributed by atoms with E-state index < -0.39 is 0 Å². The Labute approximate surface area is 90.2 Å². The Balaban J connectivity index is 3.52. The molecule has 0 aromatic carbocycles. The highest BCUT2D eigenvalue weighted by molar-refractivity contribution is 5.78. The zero-order valence-corrected chi connectivity index (χ0v) is 9.38. The number of nitrogens with two attached hydrogens (primary N) is 1. The zero-order chi connectivity index (χ0) is 11.7. The van der Waals surface area contributed by atoms with Crippen LogP contribution in [0.25, 0.3) is 0 Å². The lowest BCUT2D eigenvalue weighted by molar-refractivity contribution is -0.121. The number of hydrogen-bond acceptors (Lipinski definition) is 4. The summed E-state index contributed by atoms with van der Waals surface area (Å²) in [5.41, 5.74) is 2.06. The van der Waals surface area contributed by atoms with Gasteiger partial charge < -0.3 is 5.32 Å². The summed E-state index contributed by atoms with van der Waals surface area (Å²) in [5.74, 6) is 4.76. The van der Waals surface area contributed by atoms with Crippen LogP contribution in [0, 0.1) is 0 Å². The van der Waals surface area contributed by atoms with Gasteiger partial charge in [0, 0.05) is 13.0 Å². The molecule has 0 aromatic heterocycles. The van der Waals surface area contributed by atoms with Gasteiger partial charge >= 0.3 is 0 Å². The molecule has 0 aromatic rings. The largest absolute Gasteiger partial charge is 0.355 e. The lowest BCUT2D eigenvalue weighted by atomic mass is 10.3. The molecule has 0 rings (SSSR count). The quantitative estimate of drug-likeness (QED) is 0.284. The van der Waals surface area contributed by atoms with Crippen molar-refractivity contribution in [2.75, 3.05) is 26.7 Å². The van der Waals surface area contributed by atoms with E-state index in [9.17, 15) is 9.59 Å². The average molecular weight is 216 g/mol. The van der Waals surface area contributed by atoms with Crippen LogP contribution in [0.15, 0.2) is 0 Å². The van der Waals surface area contributed by atoms with Crippen molar-refractivity contribution in [3.63, 3.8) is 0 Å². The van der Waals surface area contributed by atoms with E-state index >= 15 is 0 Å². The molecule has 0 bridgehead atoms. The molecule has 0 saturated carbocycles. The van der Waals surface area contributed by atoms with Crippen LogP contribution < -0.4 is 16.6 Å². The van der Waals surface area contributed by atoms with E-state index in [1.165, 1.54) is 0 Å². The van der Waals surface area contributed by atoms with Crippen LogP contribution in [-0.2, 0) is 9.59 Å². The minimum absolute atomic E-state index is 0.00303. The van der Waals surface area contributed by atoms with Crippen molar-refractivity contribution in [3.8, 4) is 0 Å². The van der Waals surface area contributed by atoms with Gasteiger partial charge in [0.2, 0.25) is 11.8 Å². The van der Waals surface area contributed by atoms with Crippen LogP contribution in [-0.4, -0.2) is 43.4 Å². The molecule has 15 heavy (non-hydrogen) atoms. The number of likely N-dealkylation sites (N-methyl/N-ethyl adjacent to an activating group) is 2. The lowest BCUT2D eigenvalue weighted by Gasteiger charge is -2.15. The van der Waals surface area contributed by atoms with Crippen molar-refractivity contribution in [2.45, 2.75) is 19.8 Å². The number of rotatable bonds is 7. The second kappa shape index (κ2) is 8.19. The molecule has 0 aliphatic heterocycles. The number of nitrogens with one attached hydrogen (secondary N) is 2. The summed E-state index contributed by atoms with van der Waals surface area (Å²) < 4.78 is 0. The molecule has 0 aliphatic carbocycles. The summed E-state index contributed by atoms with van der Waals surface area (Å²) in [6.45, 7) is 3.58. The zero-order valence-electron chi connectivity index (χ0n) is 9.38. The minimum Gasteiger partial charge on any atom is -0.355 e. The molecule has 0 saturated heterocycles. The fraction of sp³-hybridized carbons (Fsp3) is 0.778. The normalized spacial score (nSPS) is 10.1. The van der Waals surface area contributed by atoms with Crippen molar-refractivity contribution in [1.82, 2.24) is 15.6 Å². The van der Waals surface area contributed by atoms with E-state index in [0.29, 0.717) is 32.5 Å². The van der Waals surface area contributed by atoms with E-state index in [-0.39, 0.29) is 11.8 Å². The van der Waals surface area contributed by atoms with E-state index in [1.807, 2.05) is 18.9 Å². The Morgan fingerprint density at radius 1 is 1.33 bits per heavy atom. The fourth-order valence-corrected chi connectivity index (χ4v) is 1.16. The maximum Gasteiger partial charge on any atom is 0.234 e. The topological polar surface area (TPSA) is 87.5 Å². The first-order chi connectivity index (χ1) is 7.10. The first-order valence-corrected chi connectivity index (χ1v) is 5.04. The SMILES string of the molecule is CCNC(=O)CN(C)CCCC(=O)NN. The molecule has 0 unspecified atom stereocenters. The average Bonchev–Trinajstić information content (AvgIpc) is 2.17. The Bertz CT molecular complexity index is 208. The van der Waals surface area contributed by atoms with Gasteiger partial charge in [0.05, 0.1) is 6.54 Å². The van der Waals surface area contributed by atoms with Crippen molar-refractivity contribution >= 4 is 11.8 Å². The van der Waals surface area contributed by atoms with Crippen LogP contribution >= 0.6 is 0 Å². The summed E-state index contributed by atoms with van der Waals surface area (Å²) in [5, 5.41) is 2.71. The Morgan fingerprint density at radius 2 is 2.00 bits per heavy atom. The number of nitrogens with zero attached hydrogens (tertiary/aromatic N) is 1.